The minimum atomic E-state index is 0.282. The molecule has 3 aliphatic rings. The van der Waals surface area contributed by atoms with Gasteiger partial charge in [0, 0.05) is 5.41 Å². The van der Waals surface area contributed by atoms with Crippen LogP contribution in [0.15, 0.2) is 41.5 Å². The van der Waals surface area contributed by atoms with Gasteiger partial charge in [-0.1, -0.05) is 76.1 Å². The van der Waals surface area contributed by atoms with E-state index >= 15 is 0 Å². The van der Waals surface area contributed by atoms with Crippen molar-refractivity contribution in [2.24, 2.45) is 11.3 Å². The maximum atomic E-state index is 2.46. The zero-order valence-corrected chi connectivity index (χ0v) is 15.6. The van der Waals surface area contributed by atoms with Gasteiger partial charge in [-0.15, -0.1) is 0 Å². The van der Waals surface area contributed by atoms with Gasteiger partial charge in [0.1, 0.15) is 0 Å². The van der Waals surface area contributed by atoms with Crippen LogP contribution in [0, 0.1) is 18.3 Å². The van der Waals surface area contributed by atoms with Crippen molar-refractivity contribution in [1.82, 2.24) is 0 Å². The molecule has 1 spiro atoms. The number of fused-ring (bicyclic) bond motifs is 3. The van der Waals surface area contributed by atoms with Gasteiger partial charge in [0.15, 0.2) is 0 Å². The molecule has 23 heavy (non-hydrogen) atoms. The highest BCUT2D eigenvalue weighted by molar-refractivity contribution is 5.59. The molecule has 4 rings (SSSR count). The van der Waals surface area contributed by atoms with E-state index in [9.17, 15) is 0 Å². The highest BCUT2D eigenvalue weighted by Gasteiger charge is 2.56. The smallest absolute Gasteiger partial charge is 0.0187 e. The van der Waals surface area contributed by atoms with Crippen molar-refractivity contribution in [3.8, 4) is 0 Å². The Kier molecular flexibility index (Phi) is 2.92. The molecule has 0 saturated carbocycles. The summed E-state index contributed by atoms with van der Waals surface area (Å²) in [5.74, 6) is 0.678. The lowest BCUT2D eigenvalue weighted by Crippen LogP contribution is -2.28. The molecule has 0 radical (unpaired) electrons. The first-order valence-electron chi connectivity index (χ1n) is 9.20. The fourth-order valence-electron chi connectivity index (χ4n) is 5.91. The van der Waals surface area contributed by atoms with Gasteiger partial charge in [-0.3, -0.25) is 0 Å². The molecule has 1 aromatic carbocycles. The van der Waals surface area contributed by atoms with E-state index in [1.807, 2.05) is 0 Å². The number of hydrogen-bond donors (Lipinski definition) is 0. The molecule has 0 fully saturated rings. The molecule has 0 N–H and O–H groups in total. The van der Waals surface area contributed by atoms with E-state index in [4.69, 9.17) is 0 Å². The summed E-state index contributed by atoms with van der Waals surface area (Å²) >= 11 is 0. The van der Waals surface area contributed by atoms with Crippen LogP contribution in [0.5, 0.6) is 0 Å². The maximum Gasteiger partial charge on any atom is 0.0187 e. The van der Waals surface area contributed by atoms with E-state index in [2.05, 4.69) is 71.9 Å². The summed E-state index contributed by atoms with van der Waals surface area (Å²) in [6.07, 6.45) is 8.69. The summed E-state index contributed by atoms with van der Waals surface area (Å²) in [6, 6.07) is 7.24. The molecule has 3 aliphatic carbocycles. The van der Waals surface area contributed by atoms with E-state index in [0.717, 1.165) is 0 Å². The Morgan fingerprint density at radius 1 is 0.957 bits per heavy atom. The Balaban J connectivity index is 1.97. The first-order valence-corrected chi connectivity index (χ1v) is 9.20. The van der Waals surface area contributed by atoms with Gasteiger partial charge in [-0.2, -0.15) is 0 Å². The molecule has 0 amide bonds. The van der Waals surface area contributed by atoms with Crippen LogP contribution in [0.3, 0.4) is 0 Å². The average Bonchev–Trinajstić information content (AvgIpc) is 2.79. The van der Waals surface area contributed by atoms with Gasteiger partial charge < -0.3 is 0 Å². The van der Waals surface area contributed by atoms with Crippen molar-refractivity contribution in [2.45, 2.75) is 71.6 Å². The highest BCUT2D eigenvalue weighted by atomic mass is 14.6. The quantitative estimate of drug-likeness (QED) is 0.532. The monoisotopic (exact) mass is 306 g/mol. The number of hydrogen-bond acceptors (Lipinski definition) is 0. The largest absolute Gasteiger partial charge is 0.0811 e. The van der Waals surface area contributed by atoms with Gasteiger partial charge in [0.25, 0.3) is 0 Å². The van der Waals surface area contributed by atoms with Crippen LogP contribution in [0.4, 0.5) is 0 Å². The van der Waals surface area contributed by atoms with Crippen molar-refractivity contribution in [3.05, 3.63) is 58.2 Å². The average molecular weight is 306 g/mol. The first-order chi connectivity index (χ1) is 10.7. The lowest BCUT2D eigenvalue weighted by molar-refractivity contribution is 0.313. The van der Waals surface area contributed by atoms with Crippen molar-refractivity contribution in [1.29, 1.82) is 0 Å². The molecule has 1 aromatic rings. The van der Waals surface area contributed by atoms with E-state index in [1.165, 1.54) is 24.8 Å². The van der Waals surface area contributed by atoms with Crippen molar-refractivity contribution in [2.75, 3.05) is 0 Å². The predicted octanol–water partition coefficient (Wildman–Crippen LogP) is 6.24. The summed E-state index contributed by atoms with van der Waals surface area (Å²) in [4.78, 5) is 0. The van der Waals surface area contributed by atoms with Crippen LogP contribution in [0.2, 0.25) is 0 Å². The minimum Gasteiger partial charge on any atom is -0.0811 e. The molecule has 0 aliphatic heterocycles. The highest BCUT2D eigenvalue weighted by Crippen LogP contribution is 2.65. The van der Waals surface area contributed by atoms with Gasteiger partial charge in [-0.25, -0.2) is 0 Å². The second kappa shape index (κ2) is 4.41. The third kappa shape index (κ3) is 1.96. The lowest BCUT2D eigenvalue weighted by atomic mass is 9.69. The zero-order valence-electron chi connectivity index (χ0n) is 15.6. The van der Waals surface area contributed by atoms with E-state index in [0.29, 0.717) is 11.3 Å². The van der Waals surface area contributed by atoms with Crippen LogP contribution < -0.4 is 0 Å². The Labute approximate surface area is 141 Å². The van der Waals surface area contributed by atoms with Crippen LogP contribution >= 0.6 is 0 Å². The molecule has 0 saturated heterocycles. The molecule has 122 valence electrons. The molecule has 0 heterocycles. The Morgan fingerprint density at radius 2 is 1.65 bits per heavy atom. The van der Waals surface area contributed by atoms with Crippen LogP contribution in [-0.2, 0) is 10.8 Å². The molecule has 0 heteroatoms. The third-order valence-corrected chi connectivity index (χ3v) is 6.66. The van der Waals surface area contributed by atoms with Crippen LogP contribution in [-0.4, -0.2) is 0 Å². The molecule has 0 aromatic heterocycles. The second-order valence-electron chi connectivity index (χ2n) is 9.69. The van der Waals surface area contributed by atoms with Gasteiger partial charge in [0.05, 0.1) is 0 Å². The fourth-order valence-corrected chi connectivity index (χ4v) is 5.91. The molecule has 2 atom stereocenters. The van der Waals surface area contributed by atoms with Gasteiger partial charge in [-0.05, 0) is 59.6 Å². The summed E-state index contributed by atoms with van der Waals surface area (Å²) in [5.41, 5.74) is 8.90. The van der Waals surface area contributed by atoms with Crippen molar-refractivity contribution < 1.29 is 0 Å². The SMILES string of the molecule is Cc1ccc2c(c1)C(C)(C)CC21CC(C)(C)C2=C1CC(C)C=C2. The van der Waals surface area contributed by atoms with Crippen LogP contribution in [0.25, 0.3) is 0 Å². The number of allylic oxidation sites excluding steroid dienone is 4. The Hall–Kier alpha value is -1.30. The van der Waals surface area contributed by atoms with Gasteiger partial charge in [0.2, 0.25) is 0 Å². The second-order valence-corrected chi connectivity index (χ2v) is 9.69. The molecular formula is C23H30. The summed E-state index contributed by atoms with van der Waals surface area (Å²) in [6.45, 7) is 14.4. The standard InChI is InChI=1S/C23H30/c1-15-8-10-18-19(11-15)22(5,6)14-23(18)13-21(3,4)17-9-7-16(2)12-20(17)23/h7-11,16H,12-14H2,1-6H3. The number of rotatable bonds is 0. The topological polar surface area (TPSA) is 0 Å². The van der Waals surface area contributed by atoms with Gasteiger partial charge >= 0.3 is 0 Å². The van der Waals surface area contributed by atoms with Crippen molar-refractivity contribution in [3.63, 3.8) is 0 Å². The Bertz CT molecular complexity index is 741. The molecule has 2 unspecified atom stereocenters. The number of aryl methyl sites for hydroxylation is 1. The molecule has 0 nitrogen and oxygen atoms in total. The first kappa shape index (κ1) is 15.2. The van der Waals surface area contributed by atoms with E-state index in [1.54, 1.807) is 22.3 Å². The summed E-state index contributed by atoms with van der Waals surface area (Å²) in [5, 5.41) is 0. The normalized spacial score (nSPS) is 33.2. The minimum absolute atomic E-state index is 0.282. The summed E-state index contributed by atoms with van der Waals surface area (Å²) < 4.78 is 0. The maximum absolute atomic E-state index is 2.46. The van der Waals surface area contributed by atoms with E-state index in [-0.39, 0.29) is 10.8 Å². The molecular weight excluding hydrogens is 276 g/mol. The lowest BCUT2D eigenvalue weighted by Gasteiger charge is -2.34. The van der Waals surface area contributed by atoms with E-state index < -0.39 is 0 Å². The zero-order chi connectivity index (χ0) is 16.6. The Morgan fingerprint density at radius 3 is 2.39 bits per heavy atom. The number of benzene rings is 1. The van der Waals surface area contributed by atoms with Crippen molar-refractivity contribution >= 4 is 0 Å². The molecule has 0 bridgehead atoms. The predicted molar refractivity (Wildman–Crippen MR) is 98.8 cm³/mol. The fraction of sp³-hybridized carbons (Fsp3) is 0.565. The third-order valence-electron chi connectivity index (χ3n) is 6.66. The summed E-state index contributed by atoms with van der Waals surface area (Å²) in [7, 11) is 0. The van der Waals surface area contributed by atoms with Crippen LogP contribution in [0.1, 0.15) is 70.6 Å².